The van der Waals surface area contributed by atoms with E-state index in [9.17, 15) is 4.79 Å². The Morgan fingerprint density at radius 2 is 1.81 bits per heavy atom. The second-order valence-electron chi connectivity index (χ2n) is 4.47. The van der Waals surface area contributed by atoms with Gasteiger partial charge < -0.3 is 10.1 Å². The highest BCUT2D eigenvalue weighted by molar-refractivity contribution is 7.98. The summed E-state index contributed by atoms with van der Waals surface area (Å²) in [5.74, 6) is -0.266. The molecule has 4 heteroatoms. The summed E-state index contributed by atoms with van der Waals surface area (Å²) >= 11 is 1.69. The molecule has 21 heavy (non-hydrogen) atoms. The zero-order chi connectivity index (χ0) is 15.1. The highest BCUT2D eigenvalue weighted by atomic mass is 32.2. The van der Waals surface area contributed by atoms with Crippen molar-refractivity contribution >= 4 is 23.4 Å². The minimum atomic E-state index is -0.494. The van der Waals surface area contributed by atoms with Crippen LogP contribution in [0, 0.1) is 0 Å². The third-order valence-electron chi connectivity index (χ3n) is 3.06. The van der Waals surface area contributed by atoms with Crippen molar-refractivity contribution in [3.05, 3.63) is 60.2 Å². The maximum atomic E-state index is 12.2. The van der Waals surface area contributed by atoms with Crippen LogP contribution < -0.4 is 5.32 Å². The number of carbonyl (C=O) groups excluding carboxylic acids is 1. The fourth-order valence-corrected chi connectivity index (χ4v) is 2.41. The molecule has 0 aliphatic heterocycles. The highest BCUT2D eigenvalue weighted by Gasteiger charge is 2.21. The van der Waals surface area contributed by atoms with Crippen molar-refractivity contribution in [2.24, 2.45) is 0 Å². The van der Waals surface area contributed by atoms with E-state index in [0.717, 1.165) is 11.3 Å². The first kappa shape index (κ1) is 15.4. The molecule has 0 radical (unpaired) electrons. The summed E-state index contributed by atoms with van der Waals surface area (Å²) in [6, 6.07) is 17.1. The van der Waals surface area contributed by atoms with Gasteiger partial charge in [-0.05, 0) is 43.0 Å². The molecule has 2 rings (SSSR count). The van der Waals surface area contributed by atoms with E-state index in [1.165, 1.54) is 4.90 Å². The molecule has 2 aromatic carbocycles. The third kappa shape index (κ3) is 4.26. The maximum Gasteiger partial charge on any atom is 0.333 e. The molecule has 0 heterocycles. The lowest BCUT2D eigenvalue weighted by Crippen LogP contribution is -2.23. The van der Waals surface area contributed by atoms with Gasteiger partial charge in [0.05, 0.1) is 6.61 Å². The quantitative estimate of drug-likeness (QED) is 0.643. The summed E-state index contributed by atoms with van der Waals surface area (Å²) in [5, 5.41) is 3.25. The fraction of sp³-hybridized carbons (Fsp3) is 0.235. The van der Waals surface area contributed by atoms with Crippen LogP contribution >= 0.6 is 11.8 Å². The number of hydrogen-bond donors (Lipinski definition) is 1. The van der Waals surface area contributed by atoms with E-state index in [1.54, 1.807) is 11.8 Å². The fourth-order valence-electron chi connectivity index (χ4n) is 2.00. The van der Waals surface area contributed by atoms with Gasteiger partial charge in [0.25, 0.3) is 0 Å². The molecule has 0 amide bonds. The van der Waals surface area contributed by atoms with Gasteiger partial charge in [-0.3, -0.25) is 0 Å². The molecule has 3 nitrogen and oxygen atoms in total. The molecule has 1 unspecified atom stereocenters. The lowest BCUT2D eigenvalue weighted by molar-refractivity contribution is -0.144. The van der Waals surface area contributed by atoms with Crippen molar-refractivity contribution in [3.8, 4) is 0 Å². The zero-order valence-electron chi connectivity index (χ0n) is 12.2. The number of thioether (sulfide) groups is 1. The average Bonchev–Trinajstić information content (AvgIpc) is 2.54. The summed E-state index contributed by atoms with van der Waals surface area (Å²) in [5.41, 5.74) is 1.79. The van der Waals surface area contributed by atoms with Gasteiger partial charge in [0.15, 0.2) is 6.04 Å². The van der Waals surface area contributed by atoms with Gasteiger partial charge in [0.1, 0.15) is 0 Å². The minimum absolute atomic E-state index is 0.266. The SMILES string of the molecule is CCOC(=O)C(Nc1ccc(SC)cc1)c1ccccc1. The summed E-state index contributed by atoms with van der Waals surface area (Å²) in [6.07, 6.45) is 2.04. The Balaban J connectivity index is 2.21. The van der Waals surface area contributed by atoms with Gasteiger partial charge >= 0.3 is 5.97 Å². The van der Waals surface area contributed by atoms with Crippen LogP contribution in [0.1, 0.15) is 18.5 Å². The number of anilines is 1. The van der Waals surface area contributed by atoms with Crippen LogP contribution in [0.25, 0.3) is 0 Å². The summed E-state index contributed by atoms with van der Waals surface area (Å²) in [4.78, 5) is 13.4. The van der Waals surface area contributed by atoms with Crippen molar-refractivity contribution < 1.29 is 9.53 Å². The van der Waals surface area contributed by atoms with Crippen molar-refractivity contribution in [2.45, 2.75) is 17.9 Å². The predicted molar refractivity (Wildman–Crippen MR) is 87.7 cm³/mol. The average molecular weight is 301 g/mol. The topological polar surface area (TPSA) is 38.3 Å². The van der Waals surface area contributed by atoms with E-state index < -0.39 is 6.04 Å². The van der Waals surface area contributed by atoms with Crippen LogP contribution in [0.2, 0.25) is 0 Å². The normalized spacial score (nSPS) is 11.7. The van der Waals surface area contributed by atoms with Gasteiger partial charge in [0, 0.05) is 10.6 Å². The molecule has 0 saturated carbocycles. The largest absolute Gasteiger partial charge is 0.464 e. The van der Waals surface area contributed by atoms with E-state index in [1.807, 2.05) is 67.8 Å². The van der Waals surface area contributed by atoms with E-state index in [-0.39, 0.29) is 5.97 Å². The smallest absolute Gasteiger partial charge is 0.333 e. The van der Waals surface area contributed by atoms with Gasteiger partial charge in [0.2, 0.25) is 0 Å². The molecule has 0 saturated heterocycles. The molecule has 1 N–H and O–H groups in total. The molecular formula is C17H19NO2S. The van der Waals surface area contributed by atoms with E-state index in [0.29, 0.717) is 6.61 Å². The summed E-state index contributed by atoms with van der Waals surface area (Å²) in [7, 11) is 0. The standard InChI is InChI=1S/C17H19NO2S/c1-3-20-17(19)16(13-7-5-4-6-8-13)18-14-9-11-15(21-2)12-10-14/h4-12,16,18H,3H2,1-2H3. The Kier molecular flexibility index (Phi) is 5.69. The molecule has 110 valence electrons. The van der Waals surface area contributed by atoms with E-state index >= 15 is 0 Å². The van der Waals surface area contributed by atoms with E-state index in [4.69, 9.17) is 4.74 Å². The van der Waals surface area contributed by atoms with Gasteiger partial charge in [-0.25, -0.2) is 4.79 Å². The number of carbonyl (C=O) groups is 1. The summed E-state index contributed by atoms with van der Waals surface area (Å²) < 4.78 is 5.17. The van der Waals surface area contributed by atoms with Crippen LogP contribution in [-0.4, -0.2) is 18.8 Å². The Hall–Kier alpha value is -1.94. The lowest BCUT2D eigenvalue weighted by Gasteiger charge is -2.19. The Bertz CT molecular complexity index is 569. The Morgan fingerprint density at radius 1 is 1.14 bits per heavy atom. The Morgan fingerprint density at radius 3 is 2.38 bits per heavy atom. The van der Waals surface area contributed by atoms with Crippen LogP contribution in [-0.2, 0) is 9.53 Å². The van der Waals surface area contributed by atoms with Crippen molar-refractivity contribution in [2.75, 3.05) is 18.2 Å². The molecule has 1 atom stereocenters. The summed E-state index contributed by atoms with van der Waals surface area (Å²) in [6.45, 7) is 2.18. The van der Waals surface area contributed by atoms with Gasteiger partial charge in [-0.2, -0.15) is 0 Å². The number of rotatable bonds is 6. The minimum Gasteiger partial charge on any atom is -0.464 e. The molecule has 0 aliphatic rings. The number of hydrogen-bond acceptors (Lipinski definition) is 4. The number of nitrogens with one attached hydrogen (secondary N) is 1. The second-order valence-corrected chi connectivity index (χ2v) is 5.35. The van der Waals surface area contributed by atoms with Crippen LogP contribution in [0.5, 0.6) is 0 Å². The van der Waals surface area contributed by atoms with Crippen molar-refractivity contribution in [1.82, 2.24) is 0 Å². The van der Waals surface area contributed by atoms with Crippen LogP contribution in [0.3, 0.4) is 0 Å². The molecule has 0 fully saturated rings. The number of benzene rings is 2. The van der Waals surface area contributed by atoms with Crippen molar-refractivity contribution in [3.63, 3.8) is 0 Å². The second kappa shape index (κ2) is 7.74. The maximum absolute atomic E-state index is 12.2. The van der Waals surface area contributed by atoms with Crippen LogP contribution in [0.4, 0.5) is 5.69 Å². The highest BCUT2D eigenvalue weighted by Crippen LogP contribution is 2.23. The molecular weight excluding hydrogens is 282 g/mol. The first-order chi connectivity index (χ1) is 10.2. The third-order valence-corrected chi connectivity index (χ3v) is 3.80. The first-order valence-corrected chi connectivity index (χ1v) is 8.09. The number of ether oxygens (including phenoxy) is 1. The molecule has 0 aromatic heterocycles. The molecule has 0 spiro atoms. The van der Waals surface area contributed by atoms with Gasteiger partial charge in [-0.15, -0.1) is 11.8 Å². The van der Waals surface area contributed by atoms with Crippen LogP contribution in [0.15, 0.2) is 59.5 Å². The van der Waals surface area contributed by atoms with Crippen molar-refractivity contribution in [1.29, 1.82) is 0 Å². The molecule has 0 bridgehead atoms. The Labute approximate surface area is 129 Å². The lowest BCUT2D eigenvalue weighted by atomic mass is 10.1. The van der Waals surface area contributed by atoms with E-state index in [2.05, 4.69) is 5.32 Å². The zero-order valence-corrected chi connectivity index (χ0v) is 13.0. The molecule has 0 aliphatic carbocycles. The number of esters is 1. The van der Waals surface area contributed by atoms with Gasteiger partial charge in [-0.1, -0.05) is 30.3 Å². The molecule has 2 aromatic rings. The first-order valence-electron chi connectivity index (χ1n) is 6.86. The predicted octanol–water partition coefficient (Wildman–Crippen LogP) is 4.12. The monoisotopic (exact) mass is 301 g/mol.